The smallest absolute Gasteiger partial charge is 0.319 e. The van der Waals surface area contributed by atoms with Crippen LogP contribution in [0.25, 0.3) is 0 Å². The number of hydrogen-bond acceptors (Lipinski definition) is 4. The Morgan fingerprint density at radius 2 is 1.84 bits per heavy atom. The molecule has 0 aliphatic rings. The number of nitrogens with zero attached hydrogens (tertiary/aromatic N) is 1. The molecule has 1 atom stereocenters. The van der Waals surface area contributed by atoms with Crippen LogP contribution in [-0.4, -0.2) is 48.2 Å². The predicted molar refractivity (Wildman–Crippen MR) is 73.5 cm³/mol. The number of hydrogen-bond donors (Lipinski definition) is 1. The van der Waals surface area contributed by atoms with Crippen molar-refractivity contribution in [2.24, 2.45) is 11.3 Å². The number of aliphatic hydroxyl groups excluding tert-OH is 1. The van der Waals surface area contributed by atoms with Gasteiger partial charge in [0.15, 0.2) is 0 Å². The van der Waals surface area contributed by atoms with Gasteiger partial charge in [-0.15, -0.1) is 0 Å². The van der Waals surface area contributed by atoms with Gasteiger partial charge < -0.3 is 14.7 Å². The van der Waals surface area contributed by atoms with Gasteiger partial charge in [-0.25, -0.2) is 0 Å². The zero-order valence-corrected chi connectivity index (χ0v) is 12.7. The van der Waals surface area contributed by atoms with Gasteiger partial charge in [-0.2, -0.15) is 0 Å². The van der Waals surface area contributed by atoms with Crippen LogP contribution in [0.2, 0.25) is 0 Å². The van der Waals surface area contributed by atoms with E-state index in [2.05, 4.69) is 0 Å². The van der Waals surface area contributed by atoms with Crippen molar-refractivity contribution in [1.29, 1.82) is 0 Å². The molecular formula is C14H27NO4. The minimum atomic E-state index is -0.800. The summed E-state index contributed by atoms with van der Waals surface area (Å²) in [6.07, 6.45) is 0.513. The topological polar surface area (TPSA) is 66.8 Å². The highest BCUT2D eigenvalue weighted by Crippen LogP contribution is 2.29. The molecule has 5 heteroatoms. The molecule has 1 N–H and O–H groups in total. The number of aliphatic hydroxyl groups is 1. The molecule has 0 radical (unpaired) electrons. The summed E-state index contributed by atoms with van der Waals surface area (Å²) in [6.45, 7) is 10.4. The average molecular weight is 273 g/mol. The van der Waals surface area contributed by atoms with Crippen molar-refractivity contribution < 1.29 is 19.4 Å². The molecule has 0 heterocycles. The molecule has 5 nitrogen and oxygen atoms in total. The van der Waals surface area contributed by atoms with Crippen molar-refractivity contribution in [1.82, 2.24) is 4.90 Å². The second-order valence-electron chi connectivity index (χ2n) is 5.55. The first-order valence-electron chi connectivity index (χ1n) is 6.85. The Labute approximate surface area is 115 Å². The van der Waals surface area contributed by atoms with Gasteiger partial charge in [-0.05, 0) is 25.7 Å². The van der Waals surface area contributed by atoms with Gasteiger partial charge in [0.2, 0.25) is 5.91 Å². The summed E-state index contributed by atoms with van der Waals surface area (Å²) in [5.41, 5.74) is -0.490. The third-order valence-corrected chi connectivity index (χ3v) is 2.91. The summed E-state index contributed by atoms with van der Waals surface area (Å²) in [7, 11) is 0. The zero-order chi connectivity index (χ0) is 15.1. The Morgan fingerprint density at radius 3 is 2.21 bits per heavy atom. The first kappa shape index (κ1) is 17.9. The highest BCUT2D eigenvalue weighted by molar-refractivity contribution is 5.98. The Bertz CT molecular complexity index is 296. The Morgan fingerprint density at radius 1 is 1.26 bits per heavy atom. The molecule has 0 bridgehead atoms. The monoisotopic (exact) mass is 273 g/mol. The molecule has 112 valence electrons. The Kier molecular flexibility index (Phi) is 7.68. The van der Waals surface area contributed by atoms with E-state index in [4.69, 9.17) is 9.84 Å². The average Bonchev–Trinajstić information content (AvgIpc) is 2.28. The lowest BCUT2D eigenvalue weighted by molar-refractivity contribution is -0.160. The van der Waals surface area contributed by atoms with Gasteiger partial charge >= 0.3 is 5.97 Å². The lowest BCUT2D eigenvalue weighted by atomic mass is 9.79. The lowest BCUT2D eigenvalue weighted by Crippen LogP contribution is -2.46. The molecule has 0 aromatic rings. The van der Waals surface area contributed by atoms with Crippen LogP contribution in [0.15, 0.2) is 0 Å². The largest absolute Gasteiger partial charge is 0.465 e. The second-order valence-corrected chi connectivity index (χ2v) is 5.55. The van der Waals surface area contributed by atoms with Crippen molar-refractivity contribution in [3.05, 3.63) is 0 Å². The van der Waals surface area contributed by atoms with Crippen LogP contribution in [0.4, 0.5) is 0 Å². The van der Waals surface area contributed by atoms with Crippen molar-refractivity contribution in [2.45, 2.75) is 41.0 Å². The molecule has 0 aromatic carbocycles. The number of amides is 1. The Balaban J connectivity index is 5.03. The van der Waals surface area contributed by atoms with E-state index in [1.54, 1.807) is 11.8 Å². The van der Waals surface area contributed by atoms with Crippen LogP contribution < -0.4 is 0 Å². The predicted octanol–water partition coefficient (Wildman–Crippen LogP) is 1.44. The van der Waals surface area contributed by atoms with E-state index in [0.717, 1.165) is 0 Å². The molecule has 1 amide bonds. The fraction of sp³-hybridized carbons (Fsp3) is 0.857. The van der Waals surface area contributed by atoms with Crippen LogP contribution in [0.5, 0.6) is 0 Å². The molecule has 0 saturated heterocycles. The number of ether oxygens (including phenoxy) is 1. The summed E-state index contributed by atoms with van der Waals surface area (Å²) in [5, 5.41) is 8.85. The van der Waals surface area contributed by atoms with E-state index in [9.17, 15) is 9.59 Å². The molecule has 0 aliphatic carbocycles. The number of carbonyl (C=O) groups is 2. The van der Waals surface area contributed by atoms with Gasteiger partial charge in [0.25, 0.3) is 0 Å². The first-order chi connectivity index (χ1) is 8.79. The lowest BCUT2D eigenvalue weighted by Gasteiger charge is -2.32. The van der Waals surface area contributed by atoms with Crippen LogP contribution in [0, 0.1) is 11.3 Å². The van der Waals surface area contributed by atoms with E-state index in [-0.39, 0.29) is 19.1 Å². The molecular weight excluding hydrogens is 246 g/mol. The van der Waals surface area contributed by atoms with Gasteiger partial charge in [-0.3, -0.25) is 9.59 Å². The van der Waals surface area contributed by atoms with Crippen molar-refractivity contribution in [3.63, 3.8) is 0 Å². The number of carbonyl (C=O) groups excluding carboxylic acids is 2. The highest BCUT2D eigenvalue weighted by Gasteiger charge is 2.40. The summed E-state index contributed by atoms with van der Waals surface area (Å²) in [6, 6.07) is 0. The van der Waals surface area contributed by atoms with Crippen LogP contribution in [0.3, 0.4) is 0 Å². The van der Waals surface area contributed by atoms with Crippen molar-refractivity contribution >= 4 is 11.9 Å². The summed E-state index contributed by atoms with van der Waals surface area (Å²) in [5.74, 6) is -1.49. The van der Waals surface area contributed by atoms with Gasteiger partial charge in [0, 0.05) is 19.7 Å². The van der Waals surface area contributed by atoms with E-state index in [1.165, 1.54) is 0 Å². The third kappa shape index (κ3) is 5.59. The van der Waals surface area contributed by atoms with Crippen LogP contribution in [0.1, 0.15) is 41.0 Å². The van der Waals surface area contributed by atoms with Crippen molar-refractivity contribution in [2.75, 3.05) is 26.3 Å². The standard InChI is InChI=1S/C14H27NO4/c1-6-15(9-8-10-16)12(17)11(14(3,4)5)13(18)19-7-2/h11,16H,6-10H2,1-5H3. The molecule has 0 saturated carbocycles. The maximum atomic E-state index is 12.5. The Hall–Kier alpha value is -1.10. The summed E-state index contributed by atoms with van der Waals surface area (Å²) in [4.78, 5) is 26.1. The number of rotatable bonds is 7. The fourth-order valence-electron chi connectivity index (χ4n) is 1.92. The van der Waals surface area contributed by atoms with Gasteiger partial charge in [0.05, 0.1) is 6.61 Å². The van der Waals surface area contributed by atoms with Gasteiger partial charge in [0.1, 0.15) is 5.92 Å². The van der Waals surface area contributed by atoms with Crippen LogP contribution >= 0.6 is 0 Å². The van der Waals surface area contributed by atoms with E-state index >= 15 is 0 Å². The second kappa shape index (κ2) is 8.15. The molecule has 0 fully saturated rings. The van der Waals surface area contributed by atoms with Gasteiger partial charge in [-0.1, -0.05) is 20.8 Å². The normalized spacial score (nSPS) is 12.9. The van der Waals surface area contributed by atoms with E-state index < -0.39 is 17.3 Å². The molecule has 0 spiro atoms. The van der Waals surface area contributed by atoms with Crippen molar-refractivity contribution in [3.8, 4) is 0 Å². The molecule has 0 rings (SSSR count). The van der Waals surface area contributed by atoms with Crippen LogP contribution in [-0.2, 0) is 14.3 Å². The third-order valence-electron chi connectivity index (χ3n) is 2.91. The fourth-order valence-corrected chi connectivity index (χ4v) is 1.92. The molecule has 0 aliphatic heterocycles. The SMILES string of the molecule is CCOC(=O)C(C(=O)N(CC)CCCO)C(C)(C)C. The summed E-state index contributed by atoms with van der Waals surface area (Å²) >= 11 is 0. The maximum Gasteiger partial charge on any atom is 0.319 e. The van der Waals surface area contributed by atoms with E-state index in [1.807, 2.05) is 27.7 Å². The molecule has 1 unspecified atom stereocenters. The maximum absolute atomic E-state index is 12.5. The minimum absolute atomic E-state index is 0.0311. The minimum Gasteiger partial charge on any atom is -0.465 e. The molecule has 0 aromatic heterocycles. The molecule has 19 heavy (non-hydrogen) atoms. The quantitative estimate of drug-likeness (QED) is 0.563. The number of esters is 1. The first-order valence-corrected chi connectivity index (χ1v) is 6.85. The zero-order valence-electron chi connectivity index (χ0n) is 12.7. The summed E-state index contributed by atoms with van der Waals surface area (Å²) < 4.78 is 5.01. The highest BCUT2D eigenvalue weighted by atomic mass is 16.5. The van der Waals surface area contributed by atoms with E-state index in [0.29, 0.717) is 19.5 Å².